The van der Waals surface area contributed by atoms with Crippen molar-refractivity contribution < 1.29 is 22.8 Å². The van der Waals surface area contributed by atoms with Gasteiger partial charge in [-0.3, -0.25) is 4.99 Å². The molecule has 26 heavy (non-hydrogen) atoms. The molecule has 2 rings (SSSR count). The number of rotatable bonds is 8. The van der Waals surface area contributed by atoms with Crippen molar-refractivity contribution in [2.24, 2.45) is 4.99 Å². The molecule has 0 aliphatic heterocycles. The van der Waals surface area contributed by atoms with Crippen LogP contribution < -0.4 is 20.1 Å². The number of aryl methyl sites for hydroxylation is 1. The minimum Gasteiger partial charge on any atom is -0.490 e. The van der Waals surface area contributed by atoms with Crippen LogP contribution in [0.15, 0.2) is 27.7 Å². The van der Waals surface area contributed by atoms with Gasteiger partial charge in [0, 0.05) is 19.2 Å². The largest absolute Gasteiger partial charge is 0.490 e. The fourth-order valence-electron chi connectivity index (χ4n) is 2.16. The Kier molecular flexibility index (Phi) is 7.12. The Balaban J connectivity index is 2.02. The van der Waals surface area contributed by atoms with Crippen LogP contribution in [0.1, 0.15) is 24.2 Å². The second kappa shape index (κ2) is 9.54. The van der Waals surface area contributed by atoms with E-state index in [0.29, 0.717) is 29.8 Å². The summed E-state index contributed by atoms with van der Waals surface area (Å²) < 4.78 is 40.5. The van der Waals surface area contributed by atoms with Gasteiger partial charge < -0.3 is 24.6 Å². The second-order valence-corrected chi connectivity index (χ2v) is 5.07. The van der Waals surface area contributed by atoms with E-state index < -0.39 is 6.61 Å². The molecular weight excluding hydrogens is 348 g/mol. The number of aliphatic imine (C=N–C) groups is 1. The van der Waals surface area contributed by atoms with Crippen LogP contribution in [-0.4, -0.2) is 36.4 Å². The van der Waals surface area contributed by atoms with Gasteiger partial charge in [0.25, 0.3) is 0 Å². The summed E-state index contributed by atoms with van der Waals surface area (Å²) in [5.41, 5.74) is 0.507. The van der Waals surface area contributed by atoms with E-state index in [4.69, 9.17) is 9.26 Å². The molecule has 0 radical (unpaired) electrons. The molecule has 1 aromatic heterocycles. The summed E-state index contributed by atoms with van der Waals surface area (Å²) in [4.78, 5) is 8.13. The molecule has 0 aliphatic rings. The Hall–Kier alpha value is -2.91. The summed E-state index contributed by atoms with van der Waals surface area (Å²) in [6, 6.07) is 4.95. The van der Waals surface area contributed by atoms with Crippen LogP contribution in [0.3, 0.4) is 0 Å². The monoisotopic (exact) mass is 369 g/mol. The number of nitrogens with zero attached hydrogens (tertiary/aromatic N) is 3. The predicted molar refractivity (Wildman–Crippen MR) is 90.3 cm³/mol. The number of guanidine groups is 1. The molecule has 0 amide bonds. The van der Waals surface area contributed by atoms with Crippen molar-refractivity contribution in [1.29, 1.82) is 0 Å². The molecule has 2 N–H and O–H groups in total. The van der Waals surface area contributed by atoms with Gasteiger partial charge in [-0.1, -0.05) is 17.3 Å². The fraction of sp³-hybridized carbons (Fsp3) is 0.438. The summed E-state index contributed by atoms with van der Waals surface area (Å²) in [6.07, 6.45) is 0. The first-order valence-electron chi connectivity index (χ1n) is 7.96. The van der Waals surface area contributed by atoms with Gasteiger partial charge in [-0.05, 0) is 19.9 Å². The minimum atomic E-state index is -2.95. The van der Waals surface area contributed by atoms with E-state index in [9.17, 15) is 8.78 Å². The normalized spacial score (nSPS) is 11.5. The zero-order valence-electron chi connectivity index (χ0n) is 14.8. The number of aromatic nitrogens is 2. The van der Waals surface area contributed by atoms with Crippen LogP contribution in [-0.2, 0) is 13.1 Å². The topological polar surface area (TPSA) is 93.8 Å². The predicted octanol–water partition coefficient (Wildman–Crippen LogP) is 2.24. The number of hydrogen-bond donors (Lipinski definition) is 2. The van der Waals surface area contributed by atoms with Crippen molar-refractivity contribution in [2.75, 3.05) is 13.7 Å². The Bertz CT molecular complexity index is 736. The van der Waals surface area contributed by atoms with Gasteiger partial charge in [-0.25, -0.2) is 0 Å². The SMILES string of the molecule is CCOc1cccc(CNC(=NC)NCc2nc(C)no2)c1OC(F)F. The Labute approximate surface area is 149 Å². The van der Waals surface area contributed by atoms with E-state index in [2.05, 4.69) is 30.5 Å². The molecule has 1 heterocycles. The fourth-order valence-corrected chi connectivity index (χ4v) is 2.16. The van der Waals surface area contributed by atoms with Crippen LogP contribution >= 0.6 is 0 Å². The lowest BCUT2D eigenvalue weighted by Gasteiger charge is -2.16. The highest BCUT2D eigenvalue weighted by Gasteiger charge is 2.16. The Morgan fingerprint density at radius 3 is 2.69 bits per heavy atom. The van der Waals surface area contributed by atoms with Crippen molar-refractivity contribution in [3.8, 4) is 11.5 Å². The average molecular weight is 369 g/mol. The number of benzene rings is 1. The van der Waals surface area contributed by atoms with Crippen LogP contribution in [0, 0.1) is 6.92 Å². The number of ether oxygens (including phenoxy) is 2. The summed E-state index contributed by atoms with van der Waals surface area (Å²) in [7, 11) is 1.58. The van der Waals surface area contributed by atoms with Crippen LogP contribution in [0.25, 0.3) is 0 Å². The van der Waals surface area contributed by atoms with Crippen LogP contribution in [0.2, 0.25) is 0 Å². The first kappa shape index (κ1) is 19.4. The molecule has 0 spiro atoms. The second-order valence-electron chi connectivity index (χ2n) is 5.07. The zero-order valence-corrected chi connectivity index (χ0v) is 14.8. The summed E-state index contributed by atoms with van der Waals surface area (Å²) in [5, 5.41) is 9.70. The van der Waals surface area contributed by atoms with Crippen LogP contribution in [0.5, 0.6) is 11.5 Å². The third-order valence-corrected chi connectivity index (χ3v) is 3.21. The van der Waals surface area contributed by atoms with Crippen molar-refractivity contribution in [1.82, 2.24) is 20.8 Å². The van der Waals surface area contributed by atoms with E-state index in [1.54, 1.807) is 39.1 Å². The first-order chi connectivity index (χ1) is 12.5. The van der Waals surface area contributed by atoms with E-state index in [1.165, 1.54) is 0 Å². The number of alkyl halides is 2. The van der Waals surface area contributed by atoms with E-state index in [1.807, 2.05) is 0 Å². The van der Waals surface area contributed by atoms with Gasteiger partial charge in [0.1, 0.15) is 0 Å². The summed E-state index contributed by atoms with van der Waals surface area (Å²) in [5.74, 6) is 1.64. The van der Waals surface area contributed by atoms with Crippen molar-refractivity contribution in [3.05, 3.63) is 35.5 Å². The molecule has 0 aliphatic carbocycles. The highest BCUT2D eigenvalue weighted by molar-refractivity contribution is 5.79. The Morgan fingerprint density at radius 1 is 1.31 bits per heavy atom. The quantitative estimate of drug-likeness (QED) is 0.544. The minimum absolute atomic E-state index is 0.000158. The summed E-state index contributed by atoms with van der Waals surface area (Å²) >= 11 is 0. The highest BCUT2D eigenvalue weighted by Crippen LogP contribution is 2.32. The van der Waals surface area contributed by atoms with E-state index in [-0.39, 0.29) is 24.6 Å². The third-order valence-electron chi connectivity index (χ3n) is 3.21. The van der Waals surface area contributed by atoms with E-state index >= 15 is 0 Å². The molecule has 8 nitrogen and oxygen atoms in total. The molecule has 1 aromatic carbocycles. The number of halogens is 2. The lowest BCUT2D eigenvalue weighted by molar-refractivity contribution is -0.0520. The number of hydrogen-bond acceptors (Lipinski definition) is 6. The van der Waals surface area contributed by atoms with Gasteiger partial charge in [-0.2, -0.15) is 13.8 Å². The molecule has 0 fully saturated rings. The average Bonchev–Trinajstić information content (AvgIpc) is 3.02. The van der Waals surface area contributed by atoms with E-state index in [0.717, 1.165) is 0 Å². The maximum absolute atomic E-state index is 12.7. The van der Waals surface area contributed by atoms with Gasteiger partial charge in [0.2, 0.25) is 5.89 Å². The van der Waals surface area contributed by atoms with Gasteiger partial charge in [0.15, 0.2) is 23.3 Å². The molecular formula is C16H21F2N5O3. The number of para-hydroxylation sites is 1. The molecule has 142 valence electrons. The lowest BCUT2D eigenvalue weighted by Crippen LogP contribution is -2.36. The molecule has 0 saturated carbocycles. The van der Waals surface area contributed by atoms with Gasteiger partial charge in [-0.15, -0.1) is 0 Å². The third kappa shape index (κ3) is 5.57. The van der Waals surface area contributed by atoms with Crippen LogP contribution in [0.4, 0.5) is 8.78 Å². The standard InChI is InChI=1S/C16H21F2N5O3/c1-4-24-12-7-5-6-11(14(12)25-15(17)18)8-20-16(19-3)21-9-13-22-10(2)23-26-13/h5-7,15H,4,8-9H2,1-3H3,(H2,19,20,21). The zero-order chi connectivity index (χ0) is 18.9. The smallest absolute Gasteiger partial charge is 0.387 e. The molecule has 0 bridgehead atoms. The number of nitrogens with one attached hydrogen (secondary N) is 2. The molecule has 0 unspecified atom stereocenters. The molecule has 10 heteroatoms. The van der Waals surface area contributed by atoms with Crippen molar-refractivity contribution in [2.45, 2.75) is 33.5 Å². The maximum atomic E-state index is 12.7. The Morgan fingerprint density at radius 2 is 2.08 bits per heavy atom. The van der Waals surface area contributed by atoms with Gasteiger partial charge >= 0.3 is 6.61 Å². The molecule has 0 atom stereocenters. The lowest BCUT2D eigenvalue weighted by atomic mass is 10.2. The van der Waals surface area contributed by atoms with Gasteiger partial charge in [0.05, 0.1) is 13.2 Å². The highest BCUT2D eigenvalue weighted by atomic mass is 19.3. The molecule has 2 aromatic rings. The molecule has 0 saturated heterocycles. The first-order valence-corrected chi connectivity index (χ1v) is 7.96. The van der Waals surface area contributed by atoms with Crippen molar-refractivity contribution >= 4 is 5.96 Å². The van der Waals surface area contributed by atoms with Crippen molar-refractivity contribution in [3.63, 3.8) is 0 Å². The maximum Gasteiger partial charge on any atom is 0.387 e. The summed E-state index contributed by atoms with van der Waals surface area (Å²) in [6.45, 7) is 1.35.